The molecule has 0 amide bonds. The molecule has 7 nitrogen and oxygen atoms in total. The fourth-order valence-electron chi connectivity index (χ4n) is 2.31. The molecule has 0 aliphatic carbocycles. The van der Waals surface area contributed by atoms with Gasteiger partial charge in [0.2, 0.25) is 0 Å². The van der Waals surface area contributed by atoms with Crippen molar-refractivity contribution in [2.45, 2.75) is 63.9 Å². The van der Waals surface area contributed by atoms with E-state index < -0.39 is 10.0 Å². The molecule has 1 aromatic heterocycles. The predicted octanol–water partition coefficient (Wildman–Crippen LogP) is 0.672. The number of hydrogen-bond acceptors (Lipinski definition) is 5. The van der Waals surface area contributed by atoms with E-state index >= 15 is 0 Å². The maximum Gasteiger partial charge on any atom is 0.260 e. The van der Waals surface area contributed by atoms with Gasteiger partial charge in [-0.1, -0.05) is 13.8 Å². The van der Waals surface area contributed by atoms with E-state index in [1.54, 1.807) is 0 Å². The summed E-state index contributed by atoms with van der Waals surface area (Å²) in [5, 5.41) is 10.0. The van der Waals surface area contributed by atoms with E-state index in [0.29, 0.717) is 25.1 Å². The summed E-state index contributed by atoms with van der Waals surface area (Å²) >= 11 is 0. The number of nitrogens with one attached hydrogen (secondary N) is 3. The lowest BCUT2D eigenvalue weighted by atomic mass is 10.2. The van der Waals surface area contributed by atoms with Gasteiger partial charge in [0.25, 0.3) is 10.0 Å². The van der Waals surface area contributed by atoms with Crippen molar-refractivity contribution in [1.29, 1.82) is 0 Å². The zero-order chi connectivity index (χ0) is 15.6. The Morgan fingerprint density at radius 2 is 2.19 bits per heavy atom. The summed E-state index contributed by atoms with van der Waals surface area (Å²) in [5.41, 5.74) is 1.45. The first-order chi connectivity index (χ1) is 9.81. The molecule has 2 rings (SSSR count). The third-order valence-corrected chi connectivity index (χ3v) is 5.12. The molecule has 1 saturated heterocycles. The van der Waals surface area contributed by atoms with Crippen molar-refractivity contribution >= 4 is 10.0 Å². The zero-order valence-corrected chi connectivity index (χ0v) is 13.8. The van der Waals surface area contributed by atoms with Crippen LogP contribution in [0, 0.1) is 6.92 Å². The monoisotopic (exact) mass is 316 g/mol. The van der Waals surface area contributed by atoms with Gasteiger partial charge >= 0.3 is 0 Å². The Morgan fingerprint density at radius 3 is 2.76 bits per heavy atom. The summed E-state index contributed by atoms with van der Waals surface area (Å²) in [6.07, 6.45) is 0.570. The molecule has 8 heteroatoms. The van der Waals surface area contributed by atoms with Gasteiger partial charge in [-0.3, -0.25) is 5.10 Å². The van der Waals surface area contributed by atoms with E-state index in [2.05, 4.69) is 20.2 Å². The smallest absolute Gasteiger partial charge is 0.260 e. The minimum Gasteiger partial charge on any atom is -0.377 e. The van der Waals surface area contributed by atoms with Crippen LogP contribution in [0.3, 0.4) is 0 Å². The van der Waals surface area contributed by atoms with Gasteiger partial charge in [0.15, 0.2) is 5.03 Å². The molecule has 2 heterocycles. The Kier molecular flexibility index (Phi) is 5.03. The lowest BCUT2D eigenvalue weighted by Crippen LogP contribution is -2.39. The van der Waals surface area contributed by atoms with Crippen molar-refractivity contribution in [2.24, 2.45) is 0 Å². The van der Waals surface area contributed by atoms with Crippen LogP contribution in [0.15, 0.2) is 5.03 Å². The Hall–Kier alpha value is -0.960. The molecule has 1 aliphatic rings. The average molecular weight is 316 g/mol. The van der Waals surface area contributed by atoms with E-state index in [-0.39, 0.29) is 23.2 Å². The quantitative estimate of drug-likeness (QED) is 0.717. The predicted molar refractivity (Wildman–Crippen MR) is 79.4 cm³/mol. The largest absolute Gasteiger partial charge is 0.377 e. The zero-order valence-electron chi connectivity index (χ0n) is 12.9. The van der Waals surface area contributed by atoms with Crippen molar-refractivity contribution < 1.29 is 13.2 Å². The van der Waals surface area contributed by atoms with Gasteiger partial charge in [0.05, 0.1) is 12.1 Å². The number of hydrogen-bond donors (Lipinski definition) is 3. The van der Waals surface area contributed by atoms with Crippen LogP contribution in [0.25, 0.3) is 0 Å². The van der Waals surface area contributed by atoms with Crippen LogP contribution in [-0.4, -0.2) is 43.4 Å². The highest BCUT2D eigenvalue weighted by molar-refractivity contribution is 7.89. The summed E-state index contributed by atoms with van der Waals surface area (Å²) in [4.78, 5) is 0. The van der Waals surface area contributed by atoms with Crippen LogP contribution in [0.2, 0.25) is 0 Å². The van der Waals surface area contributed by atoms with Gasteiger partial charge in [-0.25, -0.2) is 13.1 Å². The molecule has 0 bridgehead atoms. The van der Waals surface area contributed by atoms with E-state index in [0.717, 1.165) is 5.69 Å². The second-order valence-corrected chi connectivity index (χ2v) is 7.39. The van der Waals surface area contributed by atoms with Crippen LogP contribution in [0.4, 0.5) is 0 Å². The first-order valence-electron chi connectivity index (χ1n) is 7.22. The molecule has 2 unspecified atom stereocenters. The van der Waals surface area contributed by atoms with Gasteiger partial charge in [-0.2, -0.15) is 5.10 Å². The lowest BCUT2D eigenvalue weighted by Gasteiger charge is -2.16. The Labute approximate surface area is 125 Å². The minimum atomic E-state index is -3.65. The SMILES string of the molecule is Cc1[nH]nc(S(=O)(=O)NC2CCOC2C)c1CNC(C)C. The maximum absolute atomic E-state index is 12.5. The number of aromatic nitrogens is 2. The first kappa shape index (κ1) is 16.4. The maximum atomic E-state index is 12.5. The van der Waals surface area contributed by atoms with E-state index in [4.69, 9.17) is 4.74 Å². The summed E-state index contributed by atoms with van der Waals surface area (Å²) in [7, 11) is -3.65. The number of ether oxygens (including phenoxy) is 1. The Bertz CT molecular complexity index is 582. The van der Waals surface area contributed by atoms with Gasteiger partial charge < -0.3 is 10.1 Å². The van der Waals surface area contributed by atoms with E-state index in [1.807, 2.05) is 27.7 Å². The number of aromatic amines is 1. The van der Waals surface area contributed by atoms with Crippen LogP contribution < -0.4 is 10.0 Å². The van der Waals surface area contributed by atoms with Crippen LogP contribution in [-0.2, 0) is 21.3 Å². The van der Waals surface area contributed by atoms with Crippen LogP contribution in [0.5, 0.6) is 0 Å². The topological polar surface area (TPSA) is 96.1 Å². The summed E-state index contributed by atoms with van der Waals surface area (Å²) < 4.78 is 33.2. The summed E-state index contributed by atoms with van der Waals surface area (Å²) in [6.45, 7) is 8.77. The molecule has 120 valence electrons. The van der Waals surface area contributed by atoms with Gasteiger partial charge in [-0.15, -0.1) is 0 Å². The molecule has 0 radical (unpaired) electrons. The molecule has 1 fully saturated rings. The molecule has 3 N–H and O–H groups in total. The lowest BCUT2D eigenvalue weighted by molar-refractivity contribution is 0.117. The molecule has 1 aromatic rings. The third-order valence-electron chi connectivity index (χ3n) is 3.66. The van der Waals surface area contributed by atoms with Crippen molar-refractivity contribution in [2.75, 3.05) is 6.61 Å². The minimum absolute atomic E-state index is 0.0762. The highest BCUT2D eigenvalue weighted by atomic mass is 32.2. The molecule has 2 atom stereocenters. The second kappa shape index (κ2) is 6.43. The fourth-order valence-corrected chi connectivity index (χ4v) is 3.84. The second-order valence-electron chi connectivity index (χ2n) is 5.76. The van der Waals surface area contributed by atoms with E-state index in [1.165, 1.54) is 0 Å². The normalized spacial score (nSPS) is 23.1. The van der Waals surface area contributed by atoms with Gasteiger partial charge in [0, 0.05) is 30.5 Å². The molecule has 0 aromatic carbocycles. The molecule has 0 saturated carbocycles. The van der Waals surface area contributed by atoms with Crippen molar-refractivity contribution in [3.63, 3.8) is 0 Å². The van der Waals surface area contributed by atoms with Crippen molar-refractivity contribution in [3.8, 4) is 0 Å². The van der Waals surface area contributed by atoms with Crippen molar-refractivity contribution in [1.82, 2.24) is 20.2 Å². The highest BCUT2D eigenvalue weighted by Crippen LogP contribution is 2.20. The number of nitrogens with zero attached hydrogens (tertiary/aromatic N) is 1. The summed E-state index contributed by atoms with van der Waals surface area (Å²) in [5.74, 6) is 0. The Balaban J connectivity index is 2.19. The number of rotatable bonds is 6. The molecular weight excluding hydrogens is 292 g/mol. The van der Waals surface area contributed by atoms with Gasteiger partial charge in [0.1, 0.15) is 0 Å². The highest BCUT2D eigenvalue weighted by Gasteiger charge is 2.32. The third kappa shape index (κ3) is 3.82. The Morgan fingerprint density at radius 1 is 1.48 bits per heavy atom. The molecule has 1 aliphatic heterocycles. The fraction of sp³-hybridized carbons (Fsp3) is 0.769. The average Bonchev–Trinajstić information content (AvgIpc) is 2.94. The van der Waals surface area contributed by atoms with Gasteiger partial charge in [-0.05, 0) is 20.3 Å². The van der Waals surface area contributed by atoms with Crippen LogP contribution >= 0.6 is 0 Å². The molecule has 0 spiro atoms. The number of H-pyrrole nitrogens is 1. The molecule has 21 heavy (non-hydrogen) atoms. The molecular formula is C13H24N4O3S. The standard InChI is InChI=1S/C13H24N4O3S/c1-8(2)14-7-11-9(3)15-16-13(11)21(18,19)17-12-5-6-20-10(12)4/h8,10,12,14,17H,5-7H2,1-4H3,(H,15,16). The van der Waals surface area contributed by atoms with Crippen molar-refractivity contribution in [3.05, 3.63) is 11.3 Å². The summed E-state index contributed by atoms with van der Waals surface area (Å²) in [6, 6.07) is 0.0731. The van der Waals surface area contributed by atoms with Crippen LogP contribution in [0.1, 0.15) is 38.4 Å². The van der Waals surface area contributed by atoms with E-state index in [9.17, 15) is 8.42 Å². The first-order valence-corrected chi connectivity index (χ1v) is 8.70. The number of sulfonamides is 1. The number of aryl methyl sites for hydroxylation is 1.